The van der Waals surface area contributed by atoms with Crippen LogP contribution in [0.4, 0.5) is 0 Å². The van der Waals surface area contributed by atoms with Crippen LogP contribution in [-0.2, 0) is 14.3 Å². The van der Waals surface area contributed by atoms with Crippen LogP contribution in [0.5, 0.6) is 0 Å². The second-order valence-electron chi connectivity index (χ2n) is 6.21. The molecule has 1 aliphatic rings. The summed E-state index contributed by atoms with van der Waals surface area (Å²) in [5.74, 6) is -2.39. The summed E-state index contributed by atoms with van der Waals surface area (Å²) in [7, 11) is 0. The van der Waals surface area contributed by atoms with Gasteiger partial charge in [0.15, 0.2) is 0 Å². The largest absolute Gasteiger partial charge is 0.392 e. The SMILES string of the molecule is NCCCC[C@H](N)C(=O)OC(=O)C[C@]1(O)[C@H](O)[C@H](O)[C@@H](O)[C@H](O)[C@H]1O. The fraction of sp³-hybridized carbons (Fsp3) is 0.857. The predicted octanol–water partition coefficient (Wildman–Crippen LogP) is -4.55. The first-order valence-corrected chi connectivity index (χ1v) is 7.89. The molecular weight excluding hydrogens is 340 g/mol. The molecule has 0 saturated heterocycles. The van der Waals surface area contributed by atoms with Gasteiger partial charge in [0.25, 0.3) is 0 Å². The molecule has 0 aromatic carbocycles. The number of nitrogens with two attached hydrogens (primary N) is 2. The zero-order valence-corrected chi connectivity index (χ0v) is 13.6. The zero-order valence-electron chi connectivity index (χ0n) is 13.6. The topological polar surface area (TPSA) is 217 Å². The molecule has 11 nitrogen and oxygen atoms in total. The molecule has 0 unspecified atom stereocenters. The lowest BCUT2D eigenvalue weighted by atomic mass is 9.73. The maximum Gasteiger partial charge on any atom is 0.330 e. The first kappa shape index (κ1) is 21.9. The summed E-state index contributed by atoms with van der Waals surface area (Å²) in [6.07, 6.45) is -10.0. The van der Waals surface area contributed by atoms with Gasteiger partial charge in [-0.15, -0.1) is 0 Å². The van der Waals surface area contributed by atoms with Crippen LogP contribution in [0.1, 0.15) is 25.7 Å². The molecule has 0 aromatic rings. The molecule has 1 fully saturated rings. The summed E-state index contributed by atoms with van der Waals surface area (Å²) < 4.78 is 4.46. The average molecular weight is 366 g/mol. The second-order valence-corrected chi connectivity index (χ2v) is 6.21. The Kier molecular flexibility index (Phi) is 7.84. The highest BCUT2D eigenvalue weighted by Crippen LogP contribution is 2.33. The molecule has 0 aromatic heterocycles. The number of unbranched alkanes of at least 4 members (excludes halogenated alkanes) is 1. The van der Waals surface area contributed by atoms with Crippen molar-refractivity contribution in [2.75, 3.05) is 6.54 Å². The van der Waals surface area contributed by atoms with Crippen LogP contribution in [0.15, 0.2) is 0 Å². The Morgan fingerprint density at radius 3 is 2.00 bits per heavy atom. The van der Waals surface area contributed by atoms with Gasteiger partial charge in [-0.25, -0.2) is 4.79 Å². The molecule has 0 spiro atoms. The van der Waals surface area contributed by atoms with Crippen LogP contribution in [0.25, 0.3) is 0 Å². The number of hydrogen-bond donors (Lipinski definition) is 8. The van der Waals surface area contributed by atoms with Crippen LogP contribution < -0.4 is 11.5 Å². The average Bonchev–Trinajstić information content (AvgIpc) is 2.56. The molecule has 146 valence electrons. The van der Waals surface area contributed by atoms with Crippen molar-refractivity contribution in [3.05, 3.63) is 0 Å². The molecule has 0 aliphatic heterocycles. The predicted molar refractivity (Wildman–Crippen MR) is 81.6 cm³/mol. The quantitative estimate of drug-likeness (QED) is 0.122. The summed E-state index contributed by atoms with van der Waals surface area (Å²) in [6.45, 7) is 0.417. The van der Waals surface area contributed by atoms with Gasteiger partial charge in [-0.1, -0.05) is 6.42 Å². The summed E-state index contributed by atoms with van der Waals surface area (Å²) in [5, 5.41) is 58.6. The van der Waals surface area contributed by atoms with Crippen LogP contribution in [0.3, 0.4) is 0 Å². The Labute approximate surface area is 143 Å². The Hall–Kier alpha value is -1.18. The standard InChI is InChI=1S/C14H26N2O9/c15-4-2-1-3-6(16)13(23)25-7(17)5-14(24)11(21)9(19)8(18)10(20)12(14)22/h6,8-12,18-22,24H,1-5,15-16H2/t6-,8-,9-,10+,11+,12+,14+/m0/s1. The lowest BCUT2D eigenvalue weighted by Crippen LogP contribution is -2.71. The maximum absolute atomic E-state index is 11.8. The van der Waals surface area contributed by atoms with E-state index in [9.17, 15) is 40.2 Å². The van der Waals surface area contributed by atoms with Crippen molar-refractivity contribution >= 4 is 11.9 Å². The van der Waals surface area contributed by atoms with Gasteiger partial charge < -0.3 is 46.8 Å². The molecular formula is C14H26N2O9. The molecule has 0 bridgehead atoms. The molecule has 7 atom stereocenters. The molecule has 1 rings (SSSR count). The normalized spacial score (nSPS) is 36.7. The summed E-state index contributed by atoms with van der Waals surface area (Å²) in [6, 6.07) is -1.09. The third-order valence-corrected chi connectivity index (χ3v) is 4.29. The lowest BCUT2D eigenvalue weighted by molar-refractivity contribution is -0.269. The first-order valence-electron chi connectivity index (χ1n) is 7.89. The van der Waals surface area contributed by atoms with Crippen molar-refractivity contribution in [1.82, 2.24) is 0 Å². The van der Waals surface area contributed by atoms with Crippen LogP contribution >= 0.6 is 0 Å². The smallest absolute Gasteiger partial charge is 0.330 e. The first-order chi connectivity index (χ1) is 11.6. The number of carbonyl (C=O) groups is 2. The minimum absolute atomic E-state index is 0.225. The van der Waals surface area contributed by atoms with E-state index < -0.39 is 60.5 Å². The second kappa shape index (κ2) is 8.96. The Morgan fingerprint density at radius 2 is 1.52 bits per heavy atom. The van der Waals surface area contributed by atoms with E-state index in [0.717, 1.165) is 0 Å². The monoisotopic (exact) mass is 366 g/mol. The molecule has 25 heavy (non-hydrogen) atoms. The van der Waals surface area contributed by atoms with Crippen molar-refractivity contribution in [2.24, 2.45) is 11.5 Å². The van der Waals surface area contributed by atoms with Gasteiger partial charge >= 0.3 is 11.9 Å². The summed E-state index contributed by atoms with van der Waals surface area (Å²) >= 11 is 0. The minimum atomic E-state index is -2.72. The highest BCUT2D eigenvalue weighted by atomic mass is 16.6. The van der Waals surface area contributed by atoms with E-state index in [2.05, 4.69) is 4.74 Å². The van der Waals surface area contributed by atoms with E-state index in [1.807, 2.05) is 0 Å². The van der Waals surface area contributed by atoms with Crippen molar-refractivity contribution < 1.29 is 45.0 Å². The third-order valence-electron chi connectivity index (χ3n) is 4.29. The number of aliphatic hydroxyl groups excluding tert-OH is 5. The number of hydrogen-bond acceptors (Lipinski definition) is 11. The Bertz CT molecular complexity index is 459. The molecule has 1 aliphatic carbocycles. The highest BCUT2D eigenvalue weighted by molar-refractivity contribution is 5.88. The molecule has 0 amide bonds. The molecule has 10 N–H and O–H groups in total. The van der Waals surface area contributed by atoms with E-state index in [1.54, 1.807) is 0 Å². The van der Waals surface area contributed by atoms with Gasteiger partial charge in [-0.3, -0.25) is 4.79 Å². The zero-order chi connectivity index (χ0) is 19.4. The molecule has 0 radical (unpaired) electrons. The van der Waals surface area contributed by atoms with E-state index >= 15 is 0 Å². The van der Waals surface area contributed by atoms with E-state index in [1.165, 1.54) is 0 Å². The Balaban J connectivity index is 2.69. The summed E-state index contributed by atoms with van der Waals surface area (Å²) in [5.41, 5.74) is 8.13. The van der Waals surface area contributed by atoms with Crippen molar-refractivity contribution in [1.29, 1.82) is 0 Å². The van der Waals surface area contributed by atoms with Crippen molar-refractivity contribution in [2.45, 2.75) is 67.8 Å². The number of carbonyl (C=O) groups excluding carboxylic acids is 2. The van der Waals surface area contributed by atoms with E-state index in [0.29, 0.717) is 19.4 Å². The van der Waals surface area contributed by atoms with Crippen LogP contribution in [0, 0.1) is 0 Å². The number of rotatable bonds is 7. The Morgan fingerprint density at radius 1 is 1.00 bits per heavy atom. The van der Waals surface area contributed by atoms with Gasteiger partial charge in [0.2, 0.25) is 0 Å². The number of aliphatic hydroxyl groups is 6. The molecule has 11 heteroatoms. The maximum atomic E-state index is 11.8. The van der Waals surface area contributed by atoms with Crippen molar-refractivity contribution in [3.63, 3.8) is 0 Å². The van der Waals surface area contributed by atoms with Crippen LogP contribution in [-0.4, -0.2) is 91.3 Å². The highest BCUT2D eigenvalue weighted by Gasteiger charge is 2.58. The number of ether oxygens (including phenoxy) is 1. The van der Waals surface area contributed by atoms with Crippen molar-refractivity contribution in [3.8, 4) is 0 Å². The molecule has 0 heterocycles. The van der Waals surface area contributed by atoms with Gasteiger partial charge in [-0.2, -0.15) is 0 Å². The minimum Gasteiger partial charge on any atom is -0.392 e. The van der Waals surface area contributed by atoms with E-state index in [-0.39, 0.29) is 6.42 Å². The molecule has 1 saturated carbocycles. The van der Waals surface area contributed by atoms with E-state index in [4.69, 9.17) is 11.5 Å². The van der Waals surface area contributed by atoms with Gasteiger partial charge in [0, 0.05) is 0 Å². The van der Waals surface area contributed by atoms with Gasteiger partial charge in [0.1, 0.15) is 42.2 Å². The number of esters is 2. The summed E-state index contributed by atoms with van der Waals surface area (Å²) in [4.78, 5) is 23.5. The lowest BCUT2D eigenvalue weighted by Gasteiger charge is -2.47. The fourth-order valence-corrected chi connectivity index (χ4v) is 2.63. The third kappa shape index (κ3) is 4.92. The fourth-order valence-electron chi connectivity index (χ4n) is 2.63. The van der Waals surface area contributed by atoms with Gasteiger partial charge in [0.05, 0.1) is 6.42 Å². The van der Waals surface area contributed by atoms with Crippen LogP contribution in [0.2, 0.25) is 0 Å². The van der Waals surface area contributed by atoms with Gasteiger partial charge in [-0.05, 0) is 19.4 Å².